The third-order valence-electron chi connectivity index (χ3n) is 14.7. The Morgan fingerprint density at radius 2 is 1.54 bits per heavy atom. The van der Waals surface area contributed by atoms with E-state index in [1.54, 1.807) is 11.1 Å². The third kappa shape index (κ3) is 6.07. The lowest BCUT2D eigenvalue weighted by atomic mass is 9.82. The van der Waals surface area contributed by atoms with Gasteiger partial charge in [0, 0.05) is 50.7 Å². The van der Waals surface area contributed by atoms with Gasteiger partial charge in [-0.3, -0.25) is 0 Å². The zero-order chi connectivity index (χ0) is 37.0. The molecule has 4 aromatic rings. The van der Waals surface area contributed by atoms with E-state index in [0.717, 1.165) is 50.9 Å². The van der Waals surface area contributed by atoms with E-state index in [9.17, 15) is 0 Å². The van der Waals surface area contributed by atoms with E-state index in [2.05, 4.69) is 137 Å². The molecule has 56 heavy (non-hydrogen) atoms. The standard InChI is InChI=1S/C54H56N2/c1-3-12-37(13-4-1)39-22-28-45(29-23-39)55-51-20-9-7-18-47(51)49-35-43(26-32-53(49)55)44-27-33-54-50(36-44)48-19-8-10-21-52(48)56(54)46-30-24-40(25-31-46)42-17-11-16-41(34-42)38-14-5-2-6-15-38/h1,3-4,7,10-13,16-18,21,24,27-28,30,32-36,38-39,43,48,52H,2,5-6,8-9,14-15,19-20,22-23,25-26,29,31H2. The highest BCUT2D eigenvalue weighted by atomic mass is 15.2. The van der Waals surface area contributed by atoms with Crippen LogP contribution in [0.25, 0.3) is 29.5 Å². The molecule has 6 aliphatic carbocycles. The average Bonchev–Trinajstić information content (AvgIpc) is 3.79. The zero-order valence-electron chi connectivity index (χ0n) is 33.0. The van der Waals surface area contributed by atoms with Gasteiger partial charge in [0.05, 0.1) is 6.04 Å². The van der Waals surface area contributed by atoms with Crippen molar-refractivity contribution in [2.75, 3.05) is 4.90 Å². The molecule has 4 unspecified atom stereocenters. The lowest BCUT2D eigenvalue weighted by molar-refractivity contribution is 0.443. The van der Waals surface area contributed by atoms with Crippen LogP contribution in [0.2, 0.25) is 0 Å². The number of allylic oxidation sites excluding steroid dienone is 8. The quantitative estimate of drug-likeness (QED) is 0.179. The molecule has 282 valence electrons. The smallest absolute Gasteiger partial charge is 0.0588 e. The fourth-order valence-corrected chi connectivity index (χ4v) is 11.8. The van der Waals surface area contributed by atoms with Crippen LogP contribution in [-0.2, 0) is 6.42 Å². The normalized spacial score (nSPS) is 25.5. The van der Waals surface area contributed by atoms with Gasteiger partial charge < -0.3 is 9.47 Å². The van der Waals surface area contributed by atoms with Crippen molar-refractivity contribution >= 4 is 35.2 Å². The van der Waals surface area contributed by atoms with Gasteiger partial charge in [0.2, 0.25) is 0 Å². The highest BCUT2D eigenvalue weighted by Crippen LogP contribution is 2.50. The molecule has 1 fully saturated rings. The van der Waals surface area contributed by atoms with Gasteiger partial charge in [-0.05, 0) is 134 Å². The number of hydrogen-bond acceptors (Lipinski definition) is 1. The van der Waals surface area contributed by atoms with Crippen molar-refractivity contribution in [1.82, 2.24) is 4.57 Å². The minimum Gasteiger partial charge on any atom is -0.337 e. The number of nitrogens with zero attached hydrogens (tertiary/aromatic N) is 2. The Morgan fingerprint density at radius 1 is 0.625 bits per heavy atom. The highest BCUT2D eigenvalue weighted by molar-refractivity contribution is 5.74. The molecular formula is C54H56N2. The van der Waals surface area contributed by atoms with Gasteiger partial charge in [0.1, 0.15) is 0 Å². The number of aromatic nitrogens is 1. The third-order valence-corrected chi connectivity index (χ3v) is 14.7. The Hall–Kier alpha value is -4.82. The number of fused-ring (bicyclic) bond motifs is 6. The molecule has 1 aliphatic heterocycles. The molecule has 0 bridgehead atoms. The molecule has 2 heteroatoms. The van der Waals surface area contributed by atoms with Crippen molar-refractivity contribution in [3.63, 3.8) is 0 Å². The van der Waals surface area contributed by atoms with Crippen LogP contribution in [0.1, 0.15) is 153 Å². The Kier molecular flexibility index (Phi) is 8.98. The van der Waals surface area contributed by atoms with Crippen molar-refractivity contribution in [1.29, 1.82) is 0 Å². The van der Waals surface area contributed by atoms with Gasteiger partial charge in [-0.15, -0.1) is 0 Å². The number of hydrogen-bond donors (Lipinski definition) is 0. The van der Waals surface area contributed by atoms with Gasteiger partial charge >= 0.3 is 0 Å². The minimum atomic E-state index is 0.404. The summed E-state index contributed by atoms with van der Waals surface area (Å²) in [5, 5.41) is 2.92. The van der Waals surface area contributed by atoms with Gasteiger partial charge in [-0.2, -0.15) is 0 Å². The SMILES string of the molecule is C1=Cc2c(n(C3=CCC(c4ccccc4)CC3)c3c2=CC(c2ccc4c(c2)C2CCC=CC2N4C2=CC=C(c4cccc(C5CCCCC5)c4)CC2)CC=3)CC1. The molecular weight excluding hydrogens is 677 g/mol. The Morgan fingerprint density at radius 3 is 2.39 bits per heavy atom. The van der Waals surface area contributed by atoms with Gasteiger partial charge in [-0.1, -0.05) is 135 Å². The molecule has 1 saturated carbocycles. The maximum Gasteiger partial charge on any atom is 0.0588 e. The predicted octanol–water partition coefficient (Wildman–Crippen LogP) is 12.4. The van der Waals surface area contributed by atoms with E-state index >= 15 is 0 Å². The summed E-state index contributed by atoms with van der Waals surface area (Å²) in [6.07, 6.45) is 40.9. The minimum absolute atomic E-state index is 0.404. The van der Waals surface area contributed by atoms with Crippen LogP contribution in [-0.4, -0.2) is 10.6 Å². The van der Waals surface area contributed by atoms with E-state index in [1.165, 1.54) is 113 Å². The molecule has 0 N–H and O–H groups in total. The largest absolute Gasteiger partial charge is 0.337 e. The molecule has 11 rings (SSSR count). The van der Waals surface area contributed by atoms with Crippen molar-refractivity contribution in [2.45, 2.75) is 126 Å². The van der Waals surface area contributed by atoms with Gasteiger partial charge in [0.25, 0.3) is 0 Å². The fraction of sp³-hybridized carbons (Fsp3) is 0.370. The van der Waals surface area contributed by atoms with Gasteiger partial charge in [0.15, 0.2) is 0 Å². The van der Waals surface area contributed by atoms with Crippen molar-refractivity contribution in [3.05, 3.63) is 165 Å². The van der Waals surface area contributed by atoms with Crippen LogP contribution in [0.5, 0.6) is 0 Å². The Labute approximate surface area is 334 Å². The summed E-state index contributed by atoms with van der Waals surface area (Å²) >= 11 is 0. The topological polar surface area (TPSA) is 8.17 Å². The fourth-order valence-electron chi connectivity index (χ4n) is 11.8. The molecule has 2 nitrogen and oxygen atoms in total. The average molecular weight is 733 g/mol. The second-order valence-electron chi connectivity index (χ2n) is 17.8. The molecule has 0 amide bonds. The first-order chi connectivity index (χ1) is 27.8. The molecule has 0 radical (unpaired) electrons. The molecule has 4 atom stereocenters. The molecule has 2 heterocycles. The first-order valence-corrected chi connectivity index (χ1v) is 22.2. The summed E-state index contributed by atoms with van der Waals surface area (Å²) in [6, 6.07) is 28.7. The summed E-state index contributed by atoms with van der Waals surface area (Å²) in [5.41, 5.74) is 16.5. The first-order valence-electron chi connectivity index (χ1n) is 22.2. The van der Waals surface area contributed by atoms with Crippen LogP contribution in [0.4, 0.5) is 5.69 Å². The Bertz CT molecular complexity index is 2440. The molecule has 0 saturated heterocycles. The van der Waals surface area contributed by atoms with Crippen LogP contribution < -0.4 is 15.5 Å². The van der Waals surface area contributed by atoms with Crippen molar-refractivity contribution < 1.29 is 0 Å². The lowest BCUT2D eigenvalue weighted by Gasteiger charge is -2.33. The van der Waals surface area contributed by atoms with E-state index in [-0.39, 0.29) is 0 Å². The summed E-state index contributed by atoms with van der Waals surface area (Å²) in [5.74, 6) is 2.35. The first kappa shape index (κ1) is 34.4. The predicted molar refractivity (Wildman–Crippen MR) is 236 cm³/mol. The monoisotopic (exact) mass is 732 g/mol. The van der Waals surface area contributed by atoms with Crippen LogP contribution in [0.15, 0.2) is 115 Å². The molecule has 7 aliphatic rings. The lowest BCUT2D eigenvalue weighted by Crippen LogP contribution is -2.33. The van der Waals surface area contributed by atoms with E-state index in [0.29, 0.717) is 23.8 Å². The summed E-state index contributed by atoms with van der Waals surface area (Å²) in [7, 11) is 0. The highest BCUT2D eigenvalue weighted by Gasteiger charge is 2.40. The van der Waals surface area contributed by atoms with Crippen LogP contribution in [0, 0.1) is 0 Å². The van der Waals surface area contributed by atoms with E-state index < -0.39 is 0 Å². The number of benzene rings is 3. The summed E-state index contributed by atoms with van der Waals surface area (Å²) < 4.78 is 2.69. The molecule has 0 spiro atoms. The molecule has 3 aromatic carbocycles. The van der Waals surface area contributed by atoms with Crippen LogP contribution >= 0.6 is 0 Å². The number of rotatable bonds is 6. The summed E-state index contributed by atoms with van der Waals surface area (Å²) in [4.78, 5) is 2.72. The van der Waals surface area contributed by atoms with Gasteiger partial charge in [-0.25, -0.2) is 0 Å². The van der Waals surface area contributed by atoms with Crippen molar-refractivity contribution in [3.8, 4) is 0 Å². The second kappa shape index (κ2) is 14.6. The van der Waals surface area contributed by atoms with Crippen LogP contribution in [0.3, 0.4) is 0 Å². The van der Waals surface area contributed by atoms with Crippen molar-refractivity contribution in [2.24, 2.45) is 0 Å². The molecule has 1 aromatic heterocycles. The summed E-state index contributed by atoms with van der Waals surface area (Å²) in [6.45, 7) is 0. The second-order valence-corrected chi connectivity index (χ2v) is 17.8. The maximum atomic E-state index is 2.72. The maximum absolute atomic E-state index is 2.72. The Balaban J connectivity index is 0.892. The van der Waals surface area contributed by atoms with E-state index in [4.69, 9.17) is 0 Å². The zero-order valence-corrected chi connectivity index (χ0v) is 33.0. The number of anilines is 1. The van der Waals surface area contributed by atoms with E-state index in [1.807, 2.05) is 0 Å².